The molecule has 1 unspecified atom stereocenters. The molecule has 124 valence electrons. The Balaban J connectivity index is 2.08. The van der Waals surface area contributed by atoms with E-state index >= 15 is 0 Å². The molecule has 0 fully saturated rings. The predicted octanol–water partition coefficient (Wildman–Crippen LogP) is 2.88. The largest absolute Gasteiger partial charge is 0.395 e. The molecule has 2 rings (SSSR count). The molecule has 0 spiro atoms. The quantitative estimate of drug-likeness (QED) is 0.825. The van der Waals surface area contributed by atoms with E-state index in [9.17, 15) is 9.90 Å². The second-order valence-corrected chi connectivity index (χ2v) is 5.48. The number of carbonyl (C=O) groups excluding carboxylic acids is 1. The Hall–Kier alpha value is -2.34. The minimum Gasteiger partial charge on any atom is -0.395 e. The summed E-state index contributed by atoms with van der Waals surface area (Å²) < 4.78 is 1.80. The van der Waals surface area contributed by atoms with Crippen LogP contribution >= 0.6 is 0 Å². The Morgan fingerprint density at radius 3 is 2.74 bits per heavy atom. The summed E-state index contributed by atoms with van der Waals surface area (Å²) in [6, 6.07) is 11.5. The SMILES string of the molecule is CCC(C)n1nccc1NC(=O)N(CCO)Cc1ccccc1. The second kappa shape index (κ2) is 8.33. The zero-order valence-corrected chi connectivity index (χ0v) is 13.6. The maximum absolute atomic E-state index is 12.5. The zero-order valence-electron chi connectivity index (χ0n) is 13.6. The van der Waals surface area contributed by atoms with Gasteiger partial charge in [-0.2, -0.15) is 5.10 Å². The van der Waals surface area contributed by atoms with Gasteiger partial charge in [0.25, 0.3) is 0 Å². The van der Waals surface area contributed by atoms with Crippen molar-refractivity contribution in [1.82, 2.24) is 14.7 Å². The molecule has 6 heteroatoms. The lowest BCUT2D eigenvalue weighted by Crippen LogP contribution is -2.37. The molecule has 23 heavy (non-hydrogen) atoms. The molecule has 0 aliphatic heterocycles. The summed E-state index contributed by atoms with van der Waals surface area (Å²) in [5, 5.41) is 16.4. The van der Waals surface area contributed by atoms with Crippen LogP contribution in [-0.4, -0.2) is 39.0 Å². The van der Waals surface area contributed by atoms with Crippen molar-refractivity contribution in [2.45, 2.75) is 32.9 Å². The van der Waals surface area contributed by atoms with Crippen molar-refractivity contribution in [3.8, 4) is 0 Å². The smallest absolute Gasteiger partial charge is 0.323 e. The molecule has 2 amide bonds. The summed E-state index contributed by atoms with van der Waals surface area (Å²) in [4.78, 5) is 14.1. The van der Waals surface area contributed by atoms with Gasteiger partial charge in [-0.05, 0) is 18.9 Å². The van der Waals surface area contributed by atoms with Crippen molar-refractivity contribution in [1.29, 1.82) is 0 Å². The Bertz CT molecular complexity index is 612. The highest BCUT2D eigenvalue weighted by molar-refractivity contribution is 5.88. The number of aromatic nitrogens is 2. The highest BCUT2D eigenvalue weighted by atomic mass is 16.3. The first-order valence-electron chi connectivity index (χ1n) is 7.90. The maximum atomic E-state index is 12.5. The Kier molecular flexibility index (Phi) is 6.17. The van der Waals surface area contributed by atoms with Crippen molar-refractivity contribution in [3.63, 3.8) is 0 Å². The number of amides is 2. The second-order valence-electron chi connectivity index (χ2n) is 5.48. The van der Waals surface area contributed by atoms with Crippen molar-refractivity contribution in [3.05, 3.63) is 48.2 Å². The van der Waals surface area contributed by atoms with E-state index < -0.39 is 0 Å². The number of rotatable bonds is 7. The lowest BCUT2D eigenvalue weighted by atomic mass is 10.2. The first-order chi connectivity index (χ1) is 11.2. The van der Waals surface area contributed by atoms with Gasteiger partial charge in [-0.1, -0.05) is 37.3 Å². The van der Waals surface area contributed by atoms with Gasteiger partial charge in [-0.3, -0.25) is 5.32 Å². The lowest BCUT2D eigenvalue weighted by molar-refractivity contribution is 0.185. The number of anilines is 1. The predicted molar refractivity (Wildman–Crippen MR) is 90.2 cm³/mol. The van der Waals surface area contributed by atoms with Crippen molar-refractivity contribution in [2.24, 2.45) is 0 Å². The van der Waals surface area contributed by atoms with Gasteiger partial charge in [0, 0.05) is 19.2 Å². The van der Waals surface area contributed by atoms with Crippen LogP contribution in [0.2, 0.25) is 0 Å². The van der Waals surface area contributed by atoms with E-state index in [1.54, 1.807) is 21.8 Å². The Labute approximate surface area is 136 Å². The highest BCUT2D eigenvalue weighted by Crippen LogP contribution is 2.17. The molecule has 1 atom stereocenters. The molecule has 1 aromatic heterocycles. The molecule has 0 bridgehead atoms. The van der Waals surface area contributed by atoms with Gasteiger partial charge >= 0.3 is 6.03 Å². The number of benzene rings is 1. The number of nitrogens with one attached hydrogen (secondary N) is 1. The van der Waals surface area contributed by atoms with Crippen LogP contribution in [0.5, 0.6) is 0 Å². The summed E-state index contributed by atoms with van der Waals surface area (Å²) in [6.07, 6.45) is 2.60. The number of carbonyl (C=O) groups is 1. The van der Waals surface area contributed by atoms with Crippen LogP contribution in [0.3, 0.4) is 0 Å². The topological polar surface area (TPSA) is 70.4 Å². The highest BCUT2D eigenvalue weighted by Gasteiger charge is 2.16. The first kappa shape index (κ1) is 17.0. The molecule has 0 radical (unpaired) electrons. The average molecular weight is 316 g/mol. The number of nitrogens with zero attached hydrogens (tertiary/aromatic N) is 3. The summed E-state index contributed by atoms with van der Waals surface area (Å²) in [6.45, 7) is 4.78. The third-order valence-electron chi connectivity index (χ3n) is 3.79. The maximum Gasteiger partial charge on any atom is 0.323 e. The molecule has 2 aromatic rings. The van der Waals surface area contributed by atoms with Gasteiger partial charge in [0.2, 0.25) is 0 Å². The van der Waals surface area contributed by atoms with Gasteiger partial charge in [0.15, 0.2) is 0 Å². The molecule has 0 aliphatic carbocycles. The molecule has 1 aromatic carbocycles. The molecule has 6 nitrogen and oxygen atoms in total. The van der Waals surface area contributed by atoms with Crippen LogP contribution in [0.25, 0.3) is 0 Å². The minimum atomic E-state index is -0.243. The van der Waals surface area contributed by atoms with Crippen LogP contribution in [0.15, 0.2) is 42.6 Å². The summed E-state index contributed by atoms with van der Waals surface area (Å²) in [7, 11) is 0. The molecular weight excluding hydrogens is 292 g/mol. The van der Waals surface area contributed by atoms with Gasteiger partial charge in [0.1, 0.15) is 5.82 Å². The molecule has 2 N–H and O–H groups in total. The van der Waals surface area contributed by atoms with Gasteiger partial charge < -0.3 is 10.0 Å². The van der Waals surface area contributed by atoms with Crippen LogP contribution in [0.1, 0.15) is 31.9 Å². The van der Waals surface area contributed by atoms with Crippen molar-refractivity contribution < 1.29 is 9.90 Å². The van der Waals surface area contributed by atoms with E-state index in [-0.39, 0.29) is 25.2 Å². The molecule has 0 saturated heterocycles. The normalized spacial score (nSPS) is 12.0. The molecule has 0 aliphatic rings. The van der Waals surface area contributed by atoms with Crippen LogP contribution in [0, 0.1) is 0 Å². The number of aliphatic hydroxyl groups is 1. The lowest BCUT2D eigenvalue weighted by Gasteiger charge is -2.23. The fraction of sp³-hybridized carbons (Fsp3) is 0.412. The average Bonchev–Trinajstić information content (AvgIpc) is 3.02. The van der Waals surface area contributed by atoms with E-state index in [1.165, 1.54) is 0 Å². The van der Waals surface area contributed by atoms with Gasteiger partial charge in [-0.25, -0.2) is 9.48 Å². The fourth-order valence-corrected chi connectivity index (χ4v) is 2.30. The molecule has 0 saturated carbocycles. The molecular formula is C17H24N4O2. The van der Waals surface area contributed by atoms with E-state index in [0.29, 0.717) is 12.4 Å². The Morgan fingerprint density at radius 2 is 2.09 bits per heavy atom. The van der Waals surface area contributed by atoms with Crippen molar-refractivity contribution in [2.75, 3.05) is 18.5 Å². The third kappa shape index (κ3) is 4.56. The van der Waals surface area contributed by atoms with E-state index in [2.05, 4.69) is 24.3 Å². The van der Waals surface area contributed by atoms with E-state index in [1.807, 2.05) is 30.3 Å². The number of urea groups is 1. The van der Waals surface area contributed by atoms with Crippen molar-refractivity contribution >= 4 is 11.8 Å². The third-order valence-corrected chi connectivity index (χ3v) is 3.79. The number of hydrogen-bond donors (Lipinski definition) is 2. The number of hydrogen-bond acceptors (Lipinski definition) is 3. The van der Waals surface area contributed by atoms with Gasteiger partial charge in [0.05, 0.1) is 18.8 Å². The minimum absolute atomic E-state index is 0.0785. The number of aliphatic hydroxyl groups excluding tert-OH is 1. The van der Waals surface area contributed by atoms with E-state index in [0.717, 1.165) is 12.0 Å². The van der Waals surface area contributed by atoms with Crippen LogP contribution < -0.4 is 5.32 Å². The van der Waals surface area contributed by atoms with Gasteiger partial charge in [-0.15, -0.1) is 0 Å². The summed E-state index contributed by atoms with van der Waals surface area (Å²) in [5.41, 5.74) is 1.02. The summed E-state index contributed by atoms with van der Waals surface area (Å²) >= 11 is 0. The van der Waals surface area contributed by atoms with Crippen LogP contribution in [0.4, 0.5) is 10.6 Å². The molecule has 1 heterocycles. The summed E-state index contributed by atoms with van der Waals surface area (Å²) in [5.74, 6) is 0.667. The Morgan fingerprint density at radius 1 is 1.35 bits per heavy atom. The monoisotopic (exact) mass is 316 g/mol. The van der Waals surface area contributed by atoms with Crippen LogP contribution in [-0.2, 0) is 6.54 Å². The van der Waals surface area contributed by atoms with E-state index in [4.69, 9.17) is 0 Å². The zero-order chi connectivity index (χ0) is 16.7. The fourth-order valence-electron chi connectivity index (χ4n) is 2.30. The standard InChI is InChI=1S/C17H24N4O2/c1-3-14(2)21-16(9-10-18-21)19-17(23)20(11-12-22)13-15-7-5-4-6-8-15/h4-10,14,22H,3,11-13H2,1-2H3,(H,19,23). The first-order valence-corrected chi connectivity index (χ1v) is 7.90.